The van der Waals surface area contributed by atoms with Crippen LogP contribution in [0.15, 0.2) is 11.6 Å². The van der Waals surface area contributed by atoms with E-state index in [9.17, 15) is 4.79 Å². The third-order valence-corrected chi connectivity index (χ3v) is 2.06. The van der Waals surface area contributed by atoms with E-state index in [1.165, 1.54) is 0 Å². The smallest absolute Gasteiger partial charge is 0.246 e. The zero-order valence-corrected chi connectivity index (χ0v) is 8.47. The van der Waals surface area contributed by atoms with E-state index in [-0.39, 0.29) is 5.91 Å². The van der Waals surface area contributed by atoms with Gasteiger partial charge < -0.3 is 10.2 Å². The van der Waals surface area contributed by atoms with Crippen molar-refractivity contribution in [2.24, 2.45) is 0 Å². The third kappa shape index (κ3) is 3.59. The highest BCUT2D eigenvalue weighted by Gasteiger charge is 2.12. The van der Waals surface area contributed by atoms with Crippen LogP contribution in [0, 0.1) is 0 Å². The first-order chi connectivity index (χ1) is 6.20. The molecule has 1 saturated heterocycles. The quantitative estimate of drug-likeness (QED) is 0.608. The molecular weight excluding hydrogens is 164 g/mol. The maximum absolute atomic E-state index is 11.6. The van der Waals surface area contributed by atoms with Gasteiger partial charge in [-0.05, 0) is 26.8 Å². The number of nitrogens with zero attached hydrogens (tertiary/aromatic N) is 1. The van der Waals surface area contributed by atoms with Gasteiger partial charge in [0.1, 0.15) is 0 Å². The molecule has 0 spiro atoms. The van der Waals surface area contributed by atoms with E-state index in [1.54, 1.807) is 6.08 Å². The highest BCUT2D eigenvalue weighted by atomic mass is 16.2. The summed E-state index contributed by atoms with van der Waals surface area (Å²) in [6.45, 7) is 7.57. The summed E-state index contributed by atoms with van der Waals surface area (Å²) < 4.78 is 0. The van der Waals surface area contributed by atoms with Gasteiger partial charge in [0.15, 0.2) is 0 Å². The molecule has 74 valence electrons. The molecule has 13 heavy (non-hydrogen) atoms. The second-order valence-corrected chi connectivity index (χ2v) is 3.65. The summed E-state index contributed by atoms with van der Waals surface area (Å²) in [6, 6.07) is 0. The van der Waals surface area contributed by atoms with Crippen LogP contribution in [0.3, 0.4) is 0 Å². The van der Waals surface area contributed by atoms with E-state index in [0.717, 1.165) is 38.2 Å². The Balaban J connectivity index is 2.49. The summed E-state index contributed by atoms with van der Waals surface area (Å²) in [5.74, 6) is 0.156. The molecule has 0 aromatic heterocycles. The fourth-order valence-corrected chi connectivity index (χ4v) is 1.40. The van der Waals surface area contributed by atoms with Crippen LogP contribution >= 0.6 is 0 Å². The SMILES string of the molecule is CC(C)=CC(=O)N1CCCNCC1. The normalized spacial score (nSPS) is 17.8. The Morgan fingerprint density at radius 3 is 2.77 bits per heavy atom. The molecule has 0 bridgehead atoms. The fraction of sp³-hybridized carbons (Fsp3) is 0.700. The molecule has 1 heterocycles. The minimum atomic E-state index is 0.156. The molecule has 0 aromatic rings. The number of allylic oxidation sites excluding steroid dienone is 1. The zero-order valence-electron chi connectivity index (χ0n) is 8.47. The molecule has 0 atom stereocenters. The number of hydrogen-bond acceptors (Lipinski definition) is 2. The topological polar surface area (TPSA) is 32.3 Å². The lowest BCUT2D eigenvalue weighted by molar-refractivity contribution is -0.125. The standard InChI is InChI=1S/C10H18N2O/c1-9(2)8-10(13)12-6-3-4-11-5-7-12/h8,11H,3-7H2,1-2H3. The van der Waals surface area contributed by atoms with Gasteiger partial charge in [0.2, 0.25) is 5.91 Å². The van der Waals surface area contributed by atoms with Gasteiger partial charge in [-0.1, -0.05) is 5.57 Å². The highest BCUT2D eigenvalue weighted by molar-refractivity contribution is 5.88. The van der Waals surface area contributed by atoms with E-state index in [0.29, 0.717) is 0 Å². The van der Waals surface area contributed by atoms with Gasteiger partial charge in [-0.3, -0.25) is 4.79 Å². The van der Waals surface area contributed by atoms with Crippen molar-refractivity contribution in [3.05, 3.63) is 11.6 Å². The van der Waals surface area contributed by atoms with Crippen LogP contribution in [-0.4, -0.2) is 37.0 Å². The van der Waals surface area contributed by atoms with E-state index in [2.05, 4.69) is 5.32 Å². The van der Waals surface area contributed by atoms with Gasteiger partial charge in [-0.2, -0.15) is 0 Å². The molecule has 1 amide bonds. The average Bonchev–Trinajstić information content (AvgIpc) is 2.29. The molecule has 0 aromatic carbocycles. The van der Waals surface area contributed by atoms with Crippen molar-refractivity contribution >= 4 is 5.91 Å². The molecule has 0 radical (unpaired) electrons. The summed E-state index contributed by atoms with van der Waals surface area (Å²) >= 11 is 0. The molecule has 1 N–H and O–H groups in total. The van der Waals surface area contributed by atoms with Gasteiger partial charge in [-0.25, -0.2) is 0 Å². The van der Waals surface area contributed by atoms with Gasteiger partial charge in [0.05, 0.1) is 0 Å². The number of hydrogen-bond donors (Lipinski definition) is 1. The zero-order chi connectivity index (χ0) is 9.68. The van der Waals surface area contributed by atoms with Gasteiger partial charge in [0.25, 0.3) is 0 Å². The molecule has 1 fully saturated rings. The van der Waals surface area contributed by atoms with Crippen LogP contribution in [-0.2, 0) is 4.79 Å². The van der Waals surface area contributed by atoms with Crippen LogP contribution < -0.4 is 5.32 Å². The van der Waals surface area contributed by atoms with E-state index in [1.807, 2.05) is 18.7 Å². The first kappa shape index (κ1) is 10.3. The van der Waals surface area contributed by atoms with Crippen molar-refractivity contribution in [3.63, 3.8) is 0 Å². The van der Waals surface area contributed by atoms with Crippen molar-refractivity contribution in [1.29, 1.82) is 0 Å². The number of carbonyl (C=O) groups excluding carboxylic acids is 1. The Labute approximate surface area is 79.8 Å². The predicted octanol–water partition coefficient (Wildman–Crippen LogP) is 0.774. The van der Waals surface area contributed by atoms with Gasteiger partial charge >= 0.3 is 0 Å². The number of carbonyl (C=O) groups is 1. The minimum absolute atomic E-state index is 0.156. The summed E-state index contributed by atoms with van der Waals surface area (Å²) in [6.07, 6.45) is 2.77. The molecule has 3 heteroatoms. The van der Waals surface area contributed by atoms with E-state index >= 15 is 0 Å². The van der Waals surface area contributed by atoms with E-state index in [4.69, 9.17) is 0 Å². The van der Waals surface area contributed by atoms with Crippen LogP contribution in [0.2, 0.25) is 0 Å². The molecule has 3 nitrogen and oxygen atoms in total. The lowest BCUT2D eigenvalue weighted by atomic mass is 10.3. The molecule has 0 saturated carbocycles. The average molecular weight is 182 g/mol. The Hall–Kier alpha value is -0.830. The lowest BCUT2D eigenvalue weighted by Crippen LogP contribution is -2.32. The fourth-order valence-electron chi connectivity index (χ4n) is 1.40. The largest absolute Gasteiger partial charge is 0.338 e. The van der Waals surface area contributed by atoms with E-state index < -0.39 is 0 Å². The van der Waals surface area contributed by atoms with Crippen molar-refractivity contribution in [1.82, 2.24) is 10.2 Å². The molecule has 0 unspecified atom stereocenters. The van der Waals surface area contributed by atoms with Gasteiger partial charge in [0, 0.05) is 25.7 Å². The minimum Gasteiger partial charge on any atom is -0.338 e. The van der Waals surface area contributed by atoms with Crippen LogP contribution in [0.25, 0.3) is 0 Å². The summed E-state index contributed by atoms with van der Waals surface area (Å²) in [5, 5.41) is 3.27. The monoisotopic (exact) mass is 182 g/mol. The highest BCUT2D eigenvalue weighted by Crippen LogP contribution is 1.99. The molecule has 1 aliphatic heterocycles. The predicted molar refractivity (Wildman–Crippen MR) is 53.5 cm³/mol. The van der Waals surface area contributed by atoms with Gasteiger partial charge in [-0.15, -0.1) is 0 Å². The Morgan fingerprint density at radius 2 is 2.08 bits per heavy atom. The second-order valence-electron chi connectivity index (χ2n) is 3.65. The van der Waals surface area contributed by atoms with Crippen molar-refractivity contribution < 1.29 is 4.79 Å². The summed E-state index contributed by atoms with van der Waals surface area (Å²) in [4.78, 5) is 13.5. The number of nitrogens with one attached hydrogen (secondary N) is 1. The lowest BCUT2D eigenvalue weighted by Gasteiger charge is -2.17. The Bertz CT molecular complexity index is 199. The maximum atomic E-state index is 11.6. The molecular formula is C10H18N2O. The second kappa shape index (κ2) is 5.02. The summed E-state index contributed by atoms with van der Waals surface area (Å²) in [7, 11) is 0. The van der Waals surface area contributed by atoms with Crippen LogP contribution in [0.1, 0.15) is 20.3 Å². The van der Waals surface area contributed by atoms with Crippen LogP contribution in [0.4, 0.5) is 0 Å². The molecule has 1 aliphatic rings. The van der Waals surface area contributed by atoms with Crippen molar-refractivity contribution in [2.75, 3.05) is 26.2 Å². The van der Waals surface area contributed by atoms with Crippen molar-refractivity contribution in [3.8, 4) is 0 Å². The Morgan fingerprint density at radius 1 is 1.31 bits per heavy atom. The Kier molecular flexibility index (Phi) is 3.96. The van der Waals surface area contributed by atoms with Crippen molar-refractivity contribution in [2.45, 2.75) is 20.3 Å². The first-order valence-electron chi connectivity index (χ1n) is 4.84. The molecule has 1 rings (SSSR count). The van der Waals surface area contributed by atoms with Crippen LogP contribution in [0.5, 0.6) is 0 Å². The maximum Gasteiger partial charge on any atom is 0.246 e. The summed E-state index contributed by atoms with van der Waals surface area (Å²) in [5.41, 5.74) is 1.07. The number of rotatable bonds is 1. The number of amides is 1. The first-order valence-corrected chi connectivity index (χ1v) is 4.84. The third-order valence-electron chi connectivity index (χ3n) is 2.06. The molecule has 0 aliphatic carbocycles.